The molecule has 0 aromatic rings. The van der Waals surface area contributed by atoms with Gasteiger partial charge in [-0.2, -0.15) is 12.7 Å². The summed E-state index contributed by atoms with van der Waals surface area (Å²) >= 11 is 0. The number of β-lactam (4-membered cyclic amide) rings is 1. The van der Waals surface area contributed by atoms with E-state index in [9.17, 15) is 13.2 Å². The molecule has 0 N–H and O–H groups in total. The SMILES string of the molecule is C[C@@H](O[Si](C)(C)C(C)(C)C)C1C(=O)N(S(=O)(=O)Cl)C1O[Si](C)(C)C. The molecule has 1 aliphatic rings. The summed E-state index contributed by atoms with van der Waals surface area (Å²) in [4.78, 5) is 12.4. The molecule has 0 spiro atoms. The highest BCUT2D eigenvalue weighted by molar-refractivity contribution is 8.12. The smallest absolute Gasteiger partial charge is 0.326 e. The minimum absolute atomic E-state index is 0.0125. The van der Waals surface area contributed by atoms with E-state index in [1.165, 1.54) is 0 Å². The van der Waals surface area contributed by atoms with Crippen molar-refractivity contribution < 1.29 is 22.1 Å². The largest absolute Gasteiger partial charge is 0.413 e. The van der Waals surface area contributed by atoms with Gasteiger partial charge >= 0.3 is 9.24 Å². The van der Waals surface area contributed by atoms with Crippen molar-refractivity contribution in [2.75, 3.05) is 0 Å². The van der Waals surface area contributed by atoms with E-state index in [0.29, 0.717) is 4.31 Å². The Kier molecular flexibility index (Phi) is 6.13. The van der Waals surface area contributed by atoms with Crippen LogP contribution in [0.4, 0.5) is 0 Å². The van der Waals surface area contributed by atoms with Gasteiger partial charge in [-0.15, -0.1) is 0 Å². The lowest BCUT2D eigenvalue weighted by atomic mass is 9.94. The Morgan fingerprint density at radius 2 is 1.62 bits per heavy atom. The Bertz CT molecular complexity index is 597. The van der Waals surface area contributed by atoms with E-state index < -0.39 is 50.0 Å². The van der Waals surface area contributed by atoms with Crippen LogP contribution >= 0.6 is 10.7 Å². The maximum atomic E-state index is 12.4. The van der Waals surface area contributed by atoms with Crippen molar-refractivity contribution >= 4 is 42.5 Å². The van der Waals surface area contributed by atoms with Crippen LogP contribution in [0.25, 0.3) is 0 Å². The fourth-order valence-corrected chi connectivity index (χ4v) is 6.00. The Balaban J connectivity index is 3.06. The average molecular weight is 416 g/mol. The summed E-state index contributed by atoms with van der Waals surface area (Å²) in [6, 6.07) is 0. The molecule has 3 atom stereocenters. The van der Waals surface area contributed by atoms with Gasteiger partial charge in [0.15, 0.2) is 22.9 Å². The van der Waals surface area contributed by atoms with Gasteiger partial charge in [0.1, 0.15) is 5.92 Å². The van der Waals surface area contributed by atoms with Crippen molar-refractivity contribution in [3.8, 4) is 0 Å². The van der Waals surface area contributed by atoms with Crippen LogP contribution in [-0.2, 0) is 22.9 Å². The lowest BCUT2D eigenvalue weighted by Gasteiger charge is -2.50. The van der Waals surface area contributed by atoms with Gasteiger partial charge in [0.2, 0.25) is 5.91 Å². The van der Waals surface area contributed by atoms with Gasteiger partial charge < -0.3 is 8.85 Å². The van der Waals surface area contributed by atoms with Crippen LogP contribution in [0.3, 0.4) is 0 Å². The molecule has 1 amide bonds. The van der Waals surface area contributed by atoms with Crippen LogP contribution < -0.4 is 0 Å². The van der Waals surface area contributed by atoms with Crippen LogP contribution in [0, 0.1) is 5.92 Å². The third-order valence-corrected chi connectivity index (χ3v) is 11.4. The molecule has 0 aromatic carbocycles. The molecular weight excluding hydrogens is 386 g/mol. The fraction of sp³-hybridized carbons (Fsp3) is 0.929. The van der Waals surface area contributed by atoms with Crippen molar-refractivity contribution in [3.63, 3.8) is 0 Å². The van der Waals surface area contributed by atoms with Crippen molar-refractivity contribution in [2.45, 2.75) is 77.8 Å². The van der Waals surface area contributed by atoms with E-state index in [4.69, 9.17) is 19.5 Å². The zero-order chi connectivity index (χ0) is 19.3. The molecule has 6 nitrogen and oxygen atoms in total. The van der Waals surface area contributed by atoms with E-state index in [1.54, 1.807) is 0 Å². The van der Waals surface area contributed by atoms with E-state index >= 15 is 0 Å². The molecule has 0 saturated carbocycles. The molecule has 1 rings (SSSR count). The van der Waals surface area contributed by atoms with E-state index in [0.717, 1.165) is 0 Å². The van der Waals surface area contributed by atoms with Gasteiger partial charge in [-0.25, -0.2) is 0 Å². The fourth-order valence-electron chi connectivity index (χ4n) is 2.32. The maximum absolute atomic E-state index is 12.4. The number of hydrogen-bond acceptors (Lipinski definition) is 5. The van der Waals surface area contributed by atoms with Crippen LogP contribution in [0.5, 0.6) is 0 Å². The first kappa shape index (κ1) is 22.1. The van der Waals surface area contributed by atoms with Crippen molar-refractivity contribution in [1.29, 1.82) is 0 Å². The van der Waals surface area contributed by atoms with Gasteiger partial charge in [0.05, 0.1) is 6.10 Å². The number of carbonyl (C=O) groups is 1. The number of carbonyl (C=O) groups excluding carboxylic acids is 1. The maximum Gasteiger partial charge on any atom is 0.326 e. The molecule has 0 aromatic heterocycles. The standard InChI is InChI=1S/C14H30ClNO5SSi2/c1-10(20-24(8,9)14(2,3)4)11-12(17)16(22(15,18)19)13(11)21-23(5,6)7/h10-11,13H,1-9H3/t10-,11?,13?/m1/s1. The molecule has 10 heteroatoms. The van der Waals surface area contributed by atoms with Crippen LogP contribution in [0.15, 0.2) is 0 Å². The molecule has 1 saturated heterocycles. The molecule has 1 fully saturated rings. The quantitative estimate of drug-likeness (QED) is 0.377. The number of nitrogens with zero attached hydrogens (tertiary/aromatic N) is 1. The number of hydrogen-bond donors (Lipinski definition) is 0. The summed E-state index contributed by atoms with van der Waals surface area (Å²) < 4.78 is 36.3. The van der Waals surface area contributed by atoms with Crippen molar-refractivity contribution in [2.24, 2.45) is 5.92 Å². The molecule has 1 heterocycles. The predicted molar refractivity (Wildman–Crippen MR) is 101 cm³/mol. The third kappa shape index (κ3) is 4.82. The minimum atomic E-state index is -4.17. The van der Waals surface area contributed by atoms with Crippen molar-refractivity contribution in [1.82, 2.24) is 4.31 Å². The second-order valence-corrected chi connectivity index (χ2v) is 20.4. The summed E-state index contributed by atoms with van der Waals surface area (Å²) in [6.07, 6.45) is -1.32. The second kappa shape index (κ2) is 6.66. The molecule has 2 unspecified atom stereocenters. The van der Waals surface area contributed by atoms with Crippen LogP contribution in [0.2, 0.25) is 37.8 Å². The third-order valence-electron chi connectivity index (χ3n) is 4.54. The Labute approximate surface area is 152 Å². The normalized spacial score (nSPS) is 24.8. The molecule has 0 bridgehead atoms. The first-order valence-electron chi connectivity index (χ1n) is 8.02. The minimum Gasteiger partial charge on any atom is -0.413 e. The summed E-state index contributed by atoms with van der Waals surface area (Å²) in [6.45, 7) is 18.1. The lowest BCUT2D eigenvalue weighted by molar-refractivity contribution is -0.170. The van der Waals surface area contributed by atoms with Gasteiger partial charge in [-0.1, -0.05) is 20.8 Å². The highest BCUT2D eigenvalue weighted by Gasteiger charge is 2.58. The highest BCUT2D eigenvalue weighted by atomic mass is 35.7. The summed E-state index contributed by atoms with van der Waals surface area (Å²) in [5.41, 5.74) is 0. The highest BCUT2D eigenvalue weighted by Crippen LogP contribution is 2.42. The Morgan fingerprint density at radius 3 is 1.96 bits per heavy atom. The van der Waals surface area contributed by atoms with Gasteiger partial charge in [0, 0.05) is 10.7 Å². The number of amides is 1. The molecule has 0 radical (unpaired) electrons. The van der Waals surface area contributed by atoms with Gasteiger partial charge in [0.25, 0.3) is 0 Å². The van der Waals surface area contributed by atoms with E-state index in [2.05, 4.69) is 33.9 Å². The molecular formula is C14H30ClNO5SSi2. The average Bonchev–Trinajstić information content (AvgIpc) is 2.21. The predicted octanol–water partition coefficient (Wildman–Crippen LogP) is 3.52. The summed E-state index contributed by atoms with van der Waals surface area (Å²) in [5.74, 6) is -1.21. The Hall–Kier alpha value is 0.0638. The zero-order valence-corrected chi connectivity index (χ0v) is 19.6. The van der Waals surface area contributed by atoms with E-state index in [1.807, 2.05) is 26.6 Å². The molecule has 24 heavy (non-hydrogen) atoms. The second-order valence-electron chi connectivity index (χ2n) is 8.81. The zero-order valence-electron chi connectivity index (χ0n) is 16.0. The summed E-state index contributed by atoms with van der Waals surface area (Å²) in [5, 5.41) is -0.0125. The molecule has 142 valence electrons. The number of halogens is 1. The van der Waals surface area contributed by atoms with Gasteiger partial charge in [-0.05, 0) is 44.7 Å². The van der Waals surface area contributed by atoms with E-state index in [-0.39, 0.29) is 5.04 Å². The van der Waals surface area contributed by atoms with Crippen molar-refractivity contribution in [3.05, 3.63) is 0 Å². The van der Waals surface area contributed by atoms with Crippen LogP contribution in [0.1, 0.15) is 27.7 Å². The molecule has 1 aliphatic heterocycles. The first-order chi connectivity index (χ1) is 10.4. The van der Waals surface area contributed by atoms with Gasteiger partial charge in [-0.3, -0.25) is 4.79 Å². The summed E-state index contributed by atoms with van der Waals surface area (Å²) in [7, 11) is -2.94. The number of rotatable bonds is 6. The Morgan fingerprint density at radius 1 is 1.17 bits per heavy atom. The van der Waals surface area contributed by atoms with Crippen LogP contribution in [-0.4, -0.2) is 47.6 Å². The lowest BCUT2D eigenvalue weighted by Crippen LogP contribution is -2.68. The monoisotopic (exact) mass is 415 g/mol. The first-order valence-corrected chi connectivity index (χ1v) is 16.6. The molecule has 0 aliphatic carbocycles. The topological polar surface area (TPSA) is 72.9 Å².